The molecule has 5 nitrogen and oxygen atoms in total. The van der Waals surface area contributed by atoms with Gasteiger partial charge in [0.05, 0.1) is 5.92 Å². The number of nitrogens with one attached hydrogen (secondary N) is 1. The number of carboxylic acids is 1. The highest BCUT2D eigenvalue weighted by Gasteiger charge is 2.27. The van der Waals surface area contributed by atoms with Crippen molar-refractivity contribution >= 4 is 39.5 Å². The lowest BCUT2D eigenvalue weighted by atomic mass is 9.99. The van der Waals surface area contributed by atoms with Gasteiger partial charge in [0.25, 0.3) is 0 Å². The lowest BCUT2D eigenvalue weighted by Gasteiger charge is -2.30. The number of hydrogen-bond acceptors (Lipinski definition) is 2. The van der Waals surface area contributed by atoms with Crippen molar-refractivity contribution in [2.45, 2.75) is 19.3 Å². The normalized spacial score (nSPS) is 18.1. The molecule has 1 aliphatic heterocycles. The molecule has 120 valence electrons. The smallest absolute Gasteiger partial charge is 0.317 e. The third-order valence-corrected chi connectivity index (χ3v) is 4.59. The molecule has 1 saturated heterocycles. The van der Waals surface area contributed by atoms with Crippen LogP contribution in [-0.2, 0) is 11.2 Å². The summed E-state index contributed by atoms with van der Waals surface area (Å²) in [4.78, 5) is 24.7. The first-order chi connectivity index (χ1) is 10.5. The summed E-state index contributed by atoms with van der Waals surface area (Å²) in [6, 6.07) is 5.44. The van der Waals surface area contributed by atoms with Crippen LogP contribution in [0.2, 0.25) is 5.02 Å². The molecule has 7 heteroatoms. The average molecular weight is 390 g/mol. The maximum atomic E-state index is 12.1. The maximum absolute atomic E-state index is 12.1. The van der Waals surface area contributed by atoms with Crippen LogP contribution in [-0.4, -0.2) is 41.6 Å². The molecule has 0 radical (unpaired) electrons. The molecule has 1 aromatic carbocycles. The van der Waals surface area contributed by atoms with E-state index >= 15 is 0 Å². The number of piperidine rings is 1. The van der Waals surface area contributed by atoms with Crippen LogP contribution >= 0.6 is 27.5 Å². The van der Waals surface area contributed by atoms with Gasteiger partial charge in [0, 0.05) is 29.1 Å². The maximum Gasteiger partial charge on any atom is 0.317 e. The SMILES string of the molecule is O=C(O)C1CCCN(C(=O)NCCc2ccc(Br)cc2Cl)C1. The van der Waals surface area contributed by atoms with E-state index in [-0.39, 0.29) is 12.6 Å². The molecule has 1 unspecified atom stereocenters. The highest BCUT2D eigenvalue weighted by molar-refractivity contribution is 9.10. The summed E-state index contributed by atoms with van der Waals surface area (Å²) in [6.07, 6.45) is 1.99. The van der Waals surface area contributed by atoms with Gasteiger partial charge in [-0.25, -0.2) is 4.79 Å². The van der Waals surface area contributed by atoms with Crippen LogP contribution in [0, 0.1) is 5.92 Å². The molecule has 0 aliphatic carbocycles. The second kappa shape index (κ2) is 7.83. The van der Waals surface area contributed by atoms with Crippen LogP contribution < -0.4 is 5.32 Å². The molecule has 0 aromatic heterocycles. The Morgan fingerprint density at radius 1 is 1.45 bits per heavy atom. The van der Waals surface area contributed by atoms with Crippen LogP contribution in [0.5, 0.6) is 0 Å². The van der Waals surface area contributed by atoms with E-state index in [4.69, 9.17) is 16.7 Å². The molecular weight excluding hydrogens is 372 g/mol. The van der Waals surface area contributed by atoms with Crippen LogP contribution in [0.3, 0.4) is 0 Å². The number of nitrogens with zero attached hydrogens (tertiary/aromatic N) is 1. The predicted octanol–water partition coefficient (Wildman–Crippen LogP) is 3.15. The molecule has 0 spiro atoms. The number of hydrogen-bond donors (Lipinski definition) is 2. The number of urea groups is 1. The number of carboxylic acid groups (broad SMARTS) is 1. The van der Waals surface area contributed by atoms with Gasteiger partial charge in [0.1, 0.15) is 0 Å². The summed E-state index contributed by atoms with van der Waals surface area (Å²) in [5, 5.41) is 12.5. The zero-order valence-corrected chi connectivity index (χ0v) is 14.4. The molecule has 1 fully saturated rings. The molecule has 1 atom stereocenters. The van der Waals surface area contributed by atoms with Crippen LogP contribution in [0.25, 0.3) is 0 Å². The number of carbonyl (C=O) groups excluding carboxylic acids is 1. The third kappa shape index (κ3) is 4.61. The zero-order chi connectivity index (χ0) is 16.1. The average Bonchev–Trinajstić information content (AvgIpc) is 2.49. The second-order valence-electron chi connectivity index (χ2n) is 5.34. The summed E-state index contributed by atoms with van der Waals surface area (Å²) in [5.74, 6) is -1.29. The minimum atomic E-state index is -0.834. The molecule has 2 rings (SSSR count). The number of aliphatic carboxylic acids is 1. The first-order valence-corrected chi connectivity index (χ1v) is 8.34. The number of carbonyl (C=O) groups is 2. The topological polar surface area (TPSA) is 69.6 Å². The summed E-state index contributed by atoms with van der Waals surface area (Å²) in [7, 11) is 0. The molecule has 0 bridgehead atoms. The van der Waals surface area contributed by atoms with Crippen molar-refractivity contribution in [2.75, 3.05) is 19.6 Å². The summed E-state index contributed by atoms with van der Waals surface area (Å²) < 4.78 is 0.915. The van der Waals surface area contributed by atoms with E-state index in [0.717, 1.165) is 16.5 Å². The van der Waals surface area contributed by atoms with Crippen molar-refractivity contribution in [3.8, 4) is 0 Å². The number of benzene rings is 1. The number of likely N-dealkylation sites (tertiary alicyclic amines) is 1. The second-order valence-corrected chi connectivity index (χ2v) is 6.66. The van der Waals surface area contributed by atoms with E-state index in [1.165, 1.54) is 0 Å². The Bertz CT molecular complexity index is 568. The van der Waals surface area contributed by atoms with E-state index < -0.39 is 11.9 Å². The number of rotatable bonds is 4. The molecule has 2 amide bonds. The van der Waals surface area contributed by atoms with Crippen LogP contribution in [0.15, 0.2) is 22.7 Å². The first-order valence-electron chi connectivity index (χ1n) is 7.17. The standard InChI is InChI=1S/C15H18BrClN2O3/c16-12-4-3-10(13(17)8-12)5-6-18-15(22)19-7-1-2-11(9-19)14(20)21/h3-4,8,11H,1-2,5-7,9H2,(H,18,22)(H,20,21). The molecular formula is C15H18BrClN2O3. The minimum absolute atomic E-state index is 0.209. The van der Waals surface area contributed by atoms with Gasteiger partial charge in [0.15, 0.2) is 0 Å². The van der Waals surface area contributed by atoms with Gasteiger partial charge in [-0.2, -0.15) is 0 Å². The van der Waals surface area contributed by atoms with Gasteiger partial charge in [-0.15, -0.1) is 0 Å². The monoisotopic (exact) mass is 388 g/mol. The lowest BCUT2D eigenvalue weighted by molar-refractivity contribution is -0.143. The van der Waals surface area contributed by atoms with E-state index in [1.807, 2.05) is 18.2 Å². The molecule has 0 saturated carbocycles. The van der Waals surface area contributed by atoms with E-state index in [0.29, 0.717) is 31.0 Å². The minimum Gasteiger partial charge on any atom is -0.481 e. The Hall–Kier alpha value is -1.27. The summed E-state index contributed by atoms with van der Waals surface area (Å²) in [5.41, 5.74) is 0.965. The largest absolute Gasteiger partial charge is 0.481 e. The highest BCUT2D eigenvalue weighted by atomic mass is 79.9. The number of amides is 2. The fraction of sp³-hybridized carbons (Fsp3) is 0.467. The Labute approximate surface area is 142 Å². The Morgan fingerprint density at radius 3 is 2.91 bits per heavy atom. The van der Waals surface area contributed by atoms with Crippen LogP contribution in [0.4, 0.5) is 4.79 Å². The molecule has 1 aromatic rings. The van der Waals surface area contributed by atoms with Crippen LogP contribution in [0.1, 0.15) is 18.4 Å². The van der Waals surface area contributed by atoms with Crippen molar-refractivity contribution < 1.29 is 14.7 Å². The van der Waals surface area contributed by atoms with Gasteiger partial charge in [-0.1, -0.05) is 33.6 Å². The van der Waals surface area contributed by atoms with Gasteiger partial charge < -0.3 is 15.3 Å². The lowest BCUT2D eigenvalue weighted by Crippen LogP contribution is -2.47. The van der Waals surface area contributed by atoms with Crippen molar-refractivity contribution in [1.82, 2.24) is 10.2 Å². The Kier molecular flexibility index (Phi) is 6.08. The predicted molar refractivity (Wildman–Crippen MR) is 88.2 cm³/mol. The van der Waals surface area contributed by atoms with E-state index in [2.05, 4.69) is 21.2 Å². The highest BCUT2D eigenvalue weighted by Crippen LogP contribution is 2.21. The summed E-state index contributed by atoms with van der Waals surface area (Å²) >= 11 is 9.48. The Morgan fingerprint density at radius 2 is 2.23 bits per heavy atom. The summed E-state index contributed by atoms with van der Waals surface area (Å²) in [6.45, 7) is 1.35. The molecule has 22 heavy (non-hydrogen) atoms. The third-order valence-electron chi connectivity index (χ3n) is 3.74. The molecule has 2 N–H and O–H groups in total. The van der Waals surface area contributed by atoms with Crippen molar-refractivity contribution in [2.24, 2.45) is 5.92 Å². The van der Waals surface area contributed by atoms with Gasteiger partial charge in [0.2, 0.25) is 0 Å². The van der Waals surface area contributed by atoms with E-state index in [1.54, 1.807) is 4.90 Å². The number of halogens is 2. The molecule has 1 aliphatic rings. The fourth-order valence-corrected chi connectivity index (χ4v) is 3.27. The quantitative estimate of drug-likeness (QED) is 0.831. The van der Waals surface area contributed by atoms with Gasteiger partial charge in [-0.3, -0.25) is 4.79 Å². The first kappa shape index (κ1) is 17.1. The van der Waals surface area contributed by atoms with E-state index in [9.17, 15) is 9.59 Å². The van der Waals surface area contributed by atoms with Gasteiger partial charge >= 0.3 is 12.0 Å². The molecule has 1 heterocycles. The van der Waals surface area contributed by atoms with Crippen molar-refractivity contribution in [3.63, 3.8) is 0 Å². The van der Waals surface area contributed by atoms with Gasteiger partial charge in [-0.05, 0) is 37.0 Å². The van der Waals surface area contributed by atoms with Crippen molar-refractivity contribution in [3.05, 3.63) is 33.3 Å². The van der Waals surface area contributed by atoms with Crippen molar-refractivity contribution in [1.29, 1.82) is 0 Å². The zero-order valence-electron chi connectivity index (χ0n) is 12.0. The Balaban J connectivity index is 1.81. The fourth-order valence-electron chi connectivity index (χ4n) is 2.50.